The number of benzene rings is 1. The number of aryl methyl sites for hydroxylation is 1. The maximum atomic E-state index is 12.7. The topological polar surface area (TPSA) is 59.0 Å². The number of rotatable bonds is 3. The van der Waals surface area contributed by atoms with Crippen molar-refractivity contribution < 1.29 is 4.79 Å². The third kappa shape index (κ3) is 2.79. The van der Waals surface area contributed by atoms with Crippen molar-refractivity contribution in [3.05, 3.63) is 36.4 Å². The highest BCUT2D eigenvalue weighted by molar-refractivity contribution is 5.89. The summed E-state index contributed by atoms with van der Waals surface area (Å²) in [7, 11) is 1.91. The van der Waals surface area contributed by atoms with E-state index >= 15 is 0 Å². The molecular formula is C21H26N4O. The molecule has 0 unspecified atom stereocenters. The van der Waals surface area contributed by atoms with Crippen molar-refractivity contribution in [2.24, 2.45) is 24.8 Å². The van der Waals surface area contributed by atoms with Crippen LogP contribution in [0.4, 0.5) is 10.6 Å². The van der Waals surface area contributed by atoms with Gasteiger partial charge in [0.05, 0.1) is 5.69 Å². The largest absolute Gasteiger partial charge is 0.332 e. The molecule has 2 N–H and O–H groups in total. The molecule has 6 rings (SSSR count). The van der Waals surface area contributed by atoms with Crippen LogP contribution in [-0.4, -0.2) is 21.4 Å². The summed E-state index contributed by atoms with van der Waals surface area (Å²) in [4.78, 5) is 12.7. The van der Waals surface area contributed by atoms with Crippen LogP contribution >= 0.6 is 0 Å². The Morgan fingerprint density at radius 2 is 1.69 bits per heavy atom. The standard InChI is InChI=1S/C21H26N4O/c1-25-18(17-5-3-2-4-6-17)10-19(24-25)22-20(26)23-21-11-14-7-15(12-21)9-16(8-14)13-21/h2-6,10,14-16H,7-9,11-13H2,1H3,(H2,22,23,24,26). The van der Waals surface area contributed by atoms with Gasteiger partial charge in [-0.05, 0) is 61.8 Å². The number of urea groups is 1. The van der Waals surface area contributed by atoms with Crippen molar-refractivity contribution in [2.75, 3.05) is 5.32 Å². The Hall–Kier alpha value is -2.30. The van der Waals surface area contributed by atoms with Crippen molar-refractivity contribution in [3.63, 3.8) is 0 Å². The summed E-state index contributed by atoms with van der Waals surface area (Å²) < 4.78 is 1.82. The van der Waals surface area contributed by atoms with E-state index < -0.39 is 0 Å². The number of hydrogen-bond donors (Lipinski definition) is 2. The highest BCUT2D eigenvalue weighted by Gasteiger charge is 2.51. The Balaban J connectivity index is 1.29. The van der Waals surface area contributed by atoms with Gasteiger partial charge < -0.3 is 5.32 Å². The fourth-order valence-electron chi connectivity index (χ4n) is 6.06. The molecule has 2 amide bonds. The molecule has 4 fully saturated rings. The van der Waals surface area contributed by atoms with Gasteiger partial charge in [0, 0.05) is 18.7 Å². The molecule has 0 aliphatic heterocycles. The predicted octanol–water partition coefficient (Wildman–Crippen LogP) is 4.18. The third-order valence-electron chi connectivity index (χ3n) is 6.61. The molecule has 4 bridgehead atoms. The molecular weight excluding hydrogens is 324 g/mol. The predicted molar refractivity (Wildman–Crippen MR) is 102 cm³/mol. The lowest BCUT2D eigenvalue weighted by Gasteiger charge is -2.56. The number of hydrogen-bond acceptors (Lipinski definition) is 2. The molecule has 1 aromatic heterocycles. The van der Waals surface area contributed by atoms with Crippen LogP contribution in [0, 0.1) is 17.8 Å². The van der Waals surface area contributed by atoms with E-state index in [2.05, 4.69) is 27.9 Å². The van der Waals surface area contributed by atoms with Crippen LogP contribution in [0.1, 0.15) is 38.5 Å². The van der Waals surface area contributed by atoms with E-state index in [0.29, 0.717) is 5.82 Å². The van der Waals surface area contributed by atoms with Crippen LogP contribution in [0.5, 0.6) is 0 Å². The van der Waals surface area contributed by atoms with Crippen LogP contribution in [0.15, 0.2) is 36.4 Å². The molecule has 2 aromatic rings. The first kappa shape index (κ1) is 15.9. The molecule has 5 nitrogen and oxygen atoms in total. The average molecular weight is 350 g/mol. The Bertz CT molecular complexity index is 791. The molecule has 1 heterocycles. The number of anilines is 1. The maximum absolute atomic E-state index is 12.7. The van der Waals surface area contributed by atoms with Crippen LogP contribution < -0.4 is 10.6 Å². The number of carbonyl (C=O) groups is 1. The minimum absolute atomic E-state index is 0.0237. The van der Waals surface area contributed by atoms with Gasteiger partial charge >= 0.3 is 6.03 Å². The fraction of sp³-hybridized carbons (Fsp3) is 0.524. The van der Waals surface area contributed by atoms with Gasteiger partial charge in [-0.25, -0.2) is 4.79 Å². The van der Waals surface area contributed by atoms with Gasteiger partial charge in [-0.15, -0.1) is 0 Å². The Morgan fingerprint density at radius 3 is 2.31 bits per heavy atom. The van der Waals surface area contributed by atoms with E-state index in [0.717, 1.165) is 48.3 Å². The van der Waals surface area contributed by atoms with E-state index in [1.54, 1.807) is 0 Å². The zero-order chi connectivity index (χ0) is 17.7. The average Bonchev–Trinajstić information content (AvgIpc) is 2.94. The number of carbonyl (C=O) groups excluding carboxylic acids is 1. The molecule has 5 heteroatoms. The minimum atomic E-state index is -0.107. The molecule has 0 saturated heterocycles. The molecule has 4 aliphatic carbocycles. The molecule has 4 saturated carbocycles. The van der Waals surface area contributed by atoms with Crippen molar-refractivity contribution in [1.29, 1.82) is 0 Å². The highest BCUT2D eigenvalue weighted by atomic mass is 16.2. The van der Waals surface area contributed by atoms with Gasteiger partial charge in [0.15, 0.2) is 5.82 Å². The van der Waals surface area contributed by atoms with Crippen molar-refractivity contribution >= 4 is 11.8 Å². The first-order valence-electron chi connectivity index (χ1n) is 9.77. The van der Waals surface area contributed by atoms with E-state index in [9.17, 15) is 4.79 Å². The fourth-order valence-corrected chi connectivity index (χ4v) is 6.06. The number of amides is 2. The van der Waals surface area contributed by atoms with Gasteiger partial charge in [0.25, 0.3) is 0 Å². The second-order valence-electron chi connectivity index (χ2n) is 8.68. The summed E-state index contributed by atoms with van der Waals surface area (Å²) in [6.45, 7) is 0. The zero-order valence-corrected chi connectivity index (χ0v) is 15.2. The summed E-state index contributed by atoms with van der Waals surface area (Å²) in [6.07, 6.45) is 7.60. The van der Waals surface area contributed by atoms with Crippen LogP contribution in [0.25, 0.3) is 11.3 Å². The Morgan fingerprint density at radius 1 is 1.08 bits per heavy atom. The van der Waals surface area contributed by atoms with Crippen molar-refractivity contribution in [1.82, 2.24) is 15.1 Å². The lowest BCUT2D eigenvalue weighted by Crippen LogP contribution is -2.60. The van der Waals surface area contributed by atoms with Crippen molar-refractivity contribution in [3.8, 4) is 11.3 Å². The number of aromatic nitrogens is 2. The van der Waals surface area contributed by atoms with Gasteiger partial charge in [0.1, 0.15) is 0 Å². The summed E-state index contributed by atoms with van der Waals surface area (Å²) in [5.74, 6) is 3.07. The Kier molecular flexibility index (Phi) is 3.59. The van der Waals surface area contributed by atoms with Crippen molar-refractivity contribution in [2.45, 2.75) is 44.1 Å². The normalized spacial score (nSPS) is 31.8. The minimum Gasteiger partial charge on any atom is -0.332 e. The second kappa shape index (κ2) is 5.86. The molecule has 0 atom stereocenters. The molecule has 26 heavy (non-hydrogen) atoms. The van der Waals surface area contributed by atoms with Gasteiger partial charge in [-0.2, -0.15) is 5.10 Å². The summed E-state index contributed by atoms with van der Waals surface area (Å²) in [5, 5.41) is 10.8. The second-order valence-corrected chi connectivity index (χ2v) is 8.68. The first-order chi connectivity index (χ1) is 12.6. The van der Waals surface area contributed by atoms with E-state index in [1.807, 2.05) is 36.0 Å². The Labute approximate surface area is 154 Å². The number of nitrogens with zero attached hydrogens (tertiary/aromatic N) is 2. The van der Waals surface area contributed by atoms with Crippen LogP contribution in [0.3, 0.4) is 0 Å². The molecule has 0 spiro atoms. The molecule has 4 aliphatic rings. The monoisotopic (exact) mass is 350 g/mol. The lowest BCUT2D eigenvalue weighted by molar-refractivity contribution is -0.0127. The summed E-state index contributed by atoms with van der Waals surface area (Å²) in [5.41, 5.74) is 2.11. The smallest absolute Gasteiger partial charge is 0.320 e. The molecule has 0 radical (unpaired) electrons. The molecule has 136 valence electrons. The van der Waals surface area contributed by atoms with Gasteiger partial charge in [-0.1, -0.05) is 30.3 Å². The highest BCUT2D eigenvalue weighted by Crippen LogP contribution is 2.55. The zero-order valence-electron chi connectivity index (χ0n) is 15.2. The lowest BCUT2D eigenvalue weighted by atomic mass is 9.53. The number of nitrogens with one attached hydrogen (secondary N) is 2. The van der Waals surface area contributed by atoms with Crippen LogP contribution in [-0.2, 0) is 7.05 Å². The third-order valence-corrected chi connectivity index (χ3v) is 6.61. The van der Waals surface area contributed by atoms with E-state index in [4.69, 9.17) is 0 Å². The van der Waals surface area contributed by atoms with Gasteiger partial charge in [0.2, 0.25) is 0 Å². The summed E-state index contributed by atoms with van der Waals surface area (Å²) >= 11 is 0. The molecule has 1 aromatic carbocycles. The quantitative estimate of drug-likeness (QED) is 0.872. The van der Waals surface area contributed by atoms with E-state index in [1.165, 1.54) is 19.3 Å². The SMILES string of the molecule is Cn1nc(NC(=O)NC23CC4CC(CC(C4)C2)C3)cc1-c1ccccc1. The van der Waals surface area contributed by atoms with E-state index in [-0.39, 0.29) is 11.6 Å². The first-order valence-corrected chi connectivity index (χ1v) is 9.77. The van der Waals surface area contributed by atoms with Crippen LogP contribution in [0.2, 0.25) is 0 Å². The van der Waals surface area contributed by atoms with Gasteiger partial charge in [-0.3, -0.25) is 10.00 Å². The maximum Gasteiger partial charge on any atom is 0.320 e. The summed E-state index contributed by atoms with van der Waals surface area (Å²) in [6, 6.07) is 12.0.